The number of nitrogens with zero attached hydrogens (tertiary/aromatic N) is 1. The predicted molar refractivity (Wildman–Crippen MR) is 77.4 cm³/mol. The highest BCUT2D eigenvalue weighted by Crippen LogP contribution is 2.60. The van der Waals surface area contributed by atoms with Crippen LogP contribution in [-0.2, 0) is 0 Å². The zero-order valence-corrected chi connectivity index (χ0v) is 12.5. The third-order valence-electron chi connectivity index (χ3n) is 5.95. The molecule has 0 unspecified atom stereocenters. The van der Waals surface area contributed by atoms with Crippen LogP contribution in [0.15, 0.2) is 0 Å². The van der Waals surface area contributed by atoms with E-state index in [9.17, 15) is 5.11 Å². The van der Waals surface area contributed by atoms with E-state index in [1.54, 1.807) is 0 Å². The van der Waals surface area contributed by atoms with Gasteiger partial charge in [-0.05, 0) is 55.8 Å². The van der Waals surface area contributed by atoms with E-state index < -0.39 is 5.60 Å². The van der Waals surface area contributed by atoms with Crippen molar-refractivity contribution in [3.8, 4) is 0 Å². The smallest absolute Gasteiger partial charge is 0.0831 e. The first-order chi connectivity index (χ1) is 8.42. The molecule has 4 aliphatic rings. The van der Waals surface area contributed by atoms with E-state index in [-0.39, 0.29) is 5.92 Å². The van der Waals surface area contributed by atoms with Crippen molar-refractivity contribution in [2.45, 2.75) is 44.6 Å². The molecule has 102 valence electrons. The van der Waals surface area contributed by atoms with E-state index in [4.69, 9.17) is 12.2 Å². The van der Waals surface area contributed by atoms with Crippen LogP contribution in [0, 0.1) is 29.6 Å². The molecule has 4 bridgehead atoms. The first kappa shape index (κ1) is 12.9. The molecule has 4 rings (SSSR count). The molecular weight excluding hydrogens is 242 g/mol. The van der Waals surface area contributed by atoms with Gasteiger partial charge in [-0.15, -0.1) is 0 Å². The lowest BCUT2D eigenvalue weighted by molar-refractivity contribution is -0.187. The van der Waals surface area contributed by atoms with Crippen LogP contribution in [0.4, 0.5) is 0 Å². The van der Waals surface area contributed by atoms with Gasteiger partial charge in [0.25, 0.3) is 0 Å². The van der Waals surface area contributed by atoms with Crippen molar-refractivity contribution in [3.63, 3.8) is 0 Å². The Hall–Kier alpha value is -0.150. The average Bonchev–Trinajstić information content (AvgIpc) is 2.32. The van der Waals surface area contributed by atoms with Gasteiger partial charge in [0.15, 0.2) is 0 Å². The van der Waals surface area contributed by atoms with Gasteiger partial charge in [-0.2, -0.15) is 0 Å². The van der Waals surface area contributed by atoms with Crippen LogP contribution in [0.2, 0.25) is 0 Å². The number of aliphatic hydroxyl groups is 1. The van der Waals surface area contributed by atoms with Crippen molar-refractivity contribution in [1.29, 1.82) is 0 Å². The summed E-state index contributed by atoms with van der Waals surface area (Å²) in [6.45, 7) is 2.14. The van der Waals surface area contributed by atoms with E-state index in [1.807, 2.05) is 19.0 Å². The lowest BCUT2D eigenvalue weighted by Gasteiger charge is -2.61. The van der Waals surface area contributed by atoms with Gasteiger partial charge in [0.1, 0.15) is 0 Å². The van der Waals surface area contributed by atoms with Crippen LogP contribution < -0.4 is 0 Å². The van der Waals surface area contributed by atoms with Crippen molar-refractivity contribution < 1.29 is 5.11 Å². The second-order valence-electron chi connectivity index (χ2n) is 7.15. The number of hydrogen-bond acceptors (Lipinski definition) is 2. The van der Waals surface area contributed by atoms with Gasteiger partial charge in [-0.3, -0.25) is 0 Å². The molecule has 3 heteroatoms. The average molecular weight is 267 g/mol. The van der Waals surface area contributed by atoms with E-state index in [0.717, 1.165) is 16.8 Å². The molecule has 1 atom stereocenters. The lowest BCUT2D eigenvalue weighted by Crippen LogP contribution is -2.62. The zero-order chi connectivity index (χ0) is 13.1. The zero-order valence-electron chi connectivity index (χ0n) is 11.7. The van der Waals surface area contributed by atoms with E-state index in [0.29, 0.717) is 11.8 Å². The third-order valence-corrected chi connectivity index (χ3v) is 6.67. The maximum absolute atomic E-state index is 11.4. The van der Waals surface area contributed by atoms with Crippen molar-refractivity contribution in [1.82, 2.24) is 4.90 Å². The summed E-state index contributed by atoms with van der Waals surface area (Å²) in [4.78, 5) is 2.92. The Labute approximate surface area is 116 Å². The molecule has 18 heavy (non-hydrogen) atoms. The van der Waals surface area contributed by atoms with Gasteiger partial charge in [0, 0.05) is 20.0 Å². The van der Waals surface area contributed by atoms with E-state index in [2.05, 4.69) is 6.92 Å². The quantitative estimate of drug-likeness (QED) is 0.778. The van der Waals surface area contributed by atoms with Crippen LogP contribution in [0.1, 0.15) is 39.0 Å². The second kappa shape index (κ2) is 4.17. The van der Waals surface area contributed by atoms with Gasteiger partial charge in [0.2, 0.25) is 0 Å². The molecule has 0 heterocycles. The summed E-state index contributed by atoms with van der Waals surface area (Å²) in [5.41, 5.74) is -0.519. The first-order valence-electron chi connectivity index (χ1n) is 7.36. The molecule has 4 saturated carbocycles. The number of hydrogen-bond donors (Lipinski definition) is 1. The van der Waals surface area contributed by atoms with Gasteiger partial charge in [0.05, 0.1) is 10.6 Å². The Morgan fingerprint density at radius 2 is 1.56 bits per heavy atom. The van der Waals surface area contributed by atoms with E-state index >= 15 is 0 Å². The molecule has 0 spiro atoms. The summed E-state index contributed by atoms with van der Waals surface area (Å²) in [6, 6.07) is 0. The molecule has 0 radical (unpaired) electrons. The van der Waals surface area contributed by atoms with Crippen molar-refractivity contribution >= 4 is 17.2 Å². The molecule has 2 nitrogen and oxygen atoms in total. The summed E-state index contributed by atoms with van der Waals surface area (Å²) < 4.78 is 0. The molecule has 0 aromatic heterocycles. The predicted octanol–water partition coefficient (Wildman–Crippen LogP) is 2.70. The highest BCUT2D eigenvalue weighted by Gasteiger charge is 2.59. The Morgan fingerprint density at radius 3 is 1.94 bits per heavy atom. The monoisotopic (exact) mass is 267 g/mol. The normalized spacial score (nSPS) is 47.1. The Kier molecular flexibility index (Phi) is 2.98. The molecule has 0 aliphatic heterocycles. The summed E-state index contributed by atoms with van der Waals surface area (Å²) >= 11 is 5.54. The van der Waals surface area contributed by atoms with Crippen molar-refractivity contribution in [3.05, 3.63) is 0 Å². The van der Waals surface area contributed by atoms with Crippen LogP contribution in [-0.4, -0.2) is 34.7 Å². The molecule has 4 aliphatic carbocycles. The first-order valence-corrected chi connectivity index (χ1v) is 7.77. The van der Waals surface area contributed by atoms with Gasteiger partial charge in [-0.25, -0.2) is 0 Å². The maximum atomic E-state index is 11.4. The highest BCUT2D eigenvalue weighted by molar-refractivity contribution is 7.80. The summed E-state index contributed by atoms with van der Waals surface area (Å²) in [6.07, 6.45) is 6.39. The standard InChI is InChI=1S/C15H25NOS/c1-9(14(18)16(2)3)15(17)12-5-10-4-11(7-12)8-13(15)6-10/h9-13,17H,4-8H2,1-3H3/t9-,10?,11?,12?,13?,15?/m1/s1. The molecule has 1 N–H and O–H groups in total. The van der Waals surface area contributed by atoms with Gasteiger partial charge < -0.3 is 10.0 Å². The molecule has 0 saturated heterocycles. The fourth-order valence-corrected chi connectivity index (χ4v) is 5.42. The van der Waals surface area contributed by atoms with Crippen molar-refractivity contribution in [2.75, 3.05) is 14.1 Å². The van der Waals surface area contributed by atoms with Crippen molar-refractivity contribution in [2.24, 2.45) is 29.6 Å². The Bertz CT molecular complexity index is 338. The van der Waals surface area contributed by atoms with Crippen LogP contribution >= 0.6 is 12.2 Å². The second-order valence-corrected chi connectivity index (χ2v) is 7.56. The van der Waals surface area contributed by atoms with Crippen LogP contribution in [0.5, 0.6) is 0 Å². The summed E-state index contributed by atoms with van der Waals surface area (Å²) in [7, 11) is 4.00. The highest BCUT2D eigenvalue weighted by atomic mass is 32.1. The molecular formula is C15H25NOS. The van der Waals surface area contributed by atoms with Gasteiger partial charge >= 0.3 is 0 Å². The van der Waals surface area contributed by atoms with Crippen LogP contribution in [0.3, 0.4) is 0 Å². The van der Waals surface area contributed by atoms with E-state index in [1.165, 1.54) is 32.1 Å². The topological polar surface area (TPSA) is 23.5 Å². The summed E-state index contributed by atoms with van der Waals surface area (Å²) in [5.74, 6) is 2.92. The largest absolute Gasteiger partial charge is 0.389 e. The number of thiocarbonyl (C=S) groups is 1. The fraction of sp³-hybridized carbons (Fsp3) is 0.933. The molecule has 0 aromatic carbocycles. The van der Waals surface area contributed by atoms with Crippen LogP contribution in [0.25, 0.3) is 0 Å². The maximum Gasteiger partial charge on any atom is 0.0831 e. The third kappa shape index (κ3) is 1.66. The Morgan fingerprint density at radius 1 is 1.11 bits per heavy atom. The molecule has 4 fully saturated rings. The summed E-state index contributed by atoms with van der Waals surface area (Å²) in [5, 5.41) is 11.4. The SMILES string of the molecule is C[C@H](C(=S)N(C)C)C1(O)C2CC3CC(C2)CC1C3. The lowest BCUT2D eigenvalue weighted by atomic mass is 9.47. The molecule has 0 aromatic rings. The minimum atomic E-state index is -0.519. The Balaban J connectivity index is 1.88. The minimum absolute atomic E-state index is 0.123. The molecule has 0 amide bonds. The minimum Gasteiger partial charge on any atom is -0.389 e. The number of rotatable bonds is 2. The fourth-order valence-electron chi connectivity index (χ4n) is 5.23. The van der Waals surface area contributed by atoms with Gasteiger partial charge in [-0.1, -0.05) is 19.1 Å².